The molecular formula is C19H28FN3O2. The van der Waals surface area contributed by atoms with Gasteiger partial charge in [-0.3, -0.25) is 9.59 Å². The summed E-state index contributed by atoms with van der Waals surface area (Å²) in [5, 5.41) is 2.84. The Kier molecular flexibility index (Phi) is 6.53. The van der Waals surface area contributed by atoms with Gasteiger partial charge >= 0.3 is 0 Å². The van der Waals surface area contributed by atoms with Crippen LogP contribution in [0.15, 0.2) is 24.3 Å². The third-order valence-corrected chi connectivity index (χ3v) is 4.82. The van der Waals surface area contributed by atoms with Crippen LogP contribution in [0.5, 0.6) is 0 Å². The van der Waals surface area contributed by atoms with E-state index in [1.165, 1.54) is 12.1 Å². The molecule has 2 amide bonds. The molecule has 1 aliphatic heterocycles. The first-order chi connectivity index (χ1) is 11.8. The summed E-state index contributed by atoms with van der Waals surface area (Å²) in [5.41, 5.74) is -0.140. The van der Waals surface area contributed by atoms with Gasteiger partial charge in [-0.1, -0.05) is 19.1 Å². The Bertz CT molecular complexity index is 593. The smallest absolute Gasteiger partial charge is 0.237 e. The second-order valence-corrected chi connectivity index (χ2v) is 6.98. The zero-order valence-corrected chi connectivity index (χ0v) is 15.3. The topological polar surface area (TPSA) is 52.7 Å². The molecule has 1 aliphatic rings. The molecule has 0 aromatic heterocycles. The fourth-order valence-electron chi connectivity index (χ4n) is 2.95. The largest absolute Gasteiger partial charge is 0.355 e. The first-order valence-corrected chi connectivity index (χ1v) is 8.89. The molecule has 1 aromatic rings. The van der Waals surface area contributed by atoms with E-state index in [9.17, 15) is 14.0 Å². The number of halogens is 1. The van der Waals surface area contributed by atoms with Gasteiger partial charge < -0.3 is 15.1 Å². The van der Waals surface area contributed by atoms with E-state index in [2.05, 4.69) is 17.1 Å². The Morgan fingerprint density at radius 3 is 2.28 bits per heavy atom. The Morgan fingerprint density at radius 1 is 1.12 bits per heavy atom. The van der Waals surface area contributed by atoms with Crippen molar-refractivity contribution in [3.05, 3.63) is 35.6 Å². The molecule has 1 saturated heterocycles. The van der Waals surface area contributed by atoms with Crippen molar-refractivity contribution in [1.29, 1.82) is 0 Å². The number of nitrogens with one attached hydrogen (secondary N) is 1. The molecule has 1 aromatic carbocycles. The second kappa shape index (κ2) is 8.43. The molecule has 0 unspecified atom stereocenters. The highest BCUT2D eigenvalue weighted by Gasteiger charge is 2.39. The molecule has 0 saturated carbocycles. The molecule has 0 atom stereocenters. The summed E-state index contributed by atoms with van der Waals surface area (Å²) in [5.74, 6) is -0.664. The number of hydrogen-bond donors (Lipinski definition) is 1. The van der Waals surface area contributed by atoms with E-state index in [1.54, 1.807) is 30.9 Å². The van der Waals surface area contributed by atoms with Crippen molar-refractivity contribution in [3.8, 4) is 0 Å². The van der Waals surface area contributed by atoms with Gasteiger partial charge in [0.05, 0.1) is 0 Å². The van der Waals surface area contributed by atoms with Gasteiger partial charge in [-0.2, -0.15) is 0 Å². The van der Waals surface area contributed by atoms with Crippen LogP contribution in [0, 0.1) is 11.2 Å². The zero-order valence-electron chi connectivity index (χ0n) is 15.3. The minimum absolute atomic E-state index is 0.123. The zero-order chi connectivity index (χ0) is 18.4. The molecule has 1 fully saturated rings. The lowest BCUT2D eigenvalue weighted by atomic mass is 9.90. The molecule has 0 radical (unpaired) electrons. The van der Waals surface area contributed by atoms with Crippen LogP contribution in [-0.2, 0) is 16.0 Å². The average Bonchev–Trinajstić information content (AvgIpc) is 2.62. The number of hydrogen-bond acceptors (Lipinski definition) is 3. The van der Waals surface area contributed by atoms with Crippen LogP contribution in [-0.4, -0.2) is 60.9 Å². The summed E-state index contributed by atoms with van der Waals surface area (Å²) in [6, 6.07) is 6.21. The standard InChI is InChI=1S/C19H28FN3O2/c1-4-22-11-13-23(14-12-22)18(25)19(2,3)17(24)21-10-9-15-5-7-16(20)8-6-15/h5-8H,4,9-14H2,1-3H3,(H,21,24). The Hall–Kier alpha value is -1.95. The normalized spacial score (nSPS) is 15.9. The van der Waals surface area contributed by atoms with Crippen molar-refractivity contribution in [2.24, 2.45) is 5.41 Å². The fraction of sp³-hybridized carbons (Fsp3) is 0.579. The summed E-state index contributed by atoms with van der Waals surface area (Å²) in [7, 11) is 0. The lowest BCUT2D eigenvalue weighted by Crippen LogP contribution is -2.55. The van der Waals surface area contributed by atoms with E-state index in [0.717, 1.165) is 25.2 Å². The summed E-state index contributed by atoms with van der Waals surface area (Å²) in [4.78, 5) is 29.3. The predicted molar refractivity (Wildman–Crippen MR) is 95.6 cm³/mol. The van der Waals surface area contributed by atoms with Crippen LogP contribution in [0.3, 0.4) is 0 Å². The van der Waals surface area contributed by atoms with Gasteiger partial charge in [-0.15, -0.1) is 0 Å². The third-order valence-electron chi connectivity index (χ3n) is 4.82. The third kappa shape index (κ3) is 5.01. The molecule has 6 heteroatoms. The van der Waals surface area contributed by atoms with Gasteiger partial charge in [0, 0.05) is 32.7 Å². The lowest BCUT2D eigenvalue weighted by Gasteiger charge is -2.37. The molecule has 1 N–H and O–H groups in total. The quantitative estimate of drug-likeness (QED) is 0.795. The van der Waals surface area contributed by atoms with Crippen molar-refractivity contribution in [3.63, 3.8) is 0 Å². The highest BCUT2D eigenvalue weighted by molar-refractivity contribution is 6.04. The molecule has 1 heterocycles. The van der Waals surface area contributed by atoms with Crippen molar-refractivity contribution in [2.45, 2.75) is 27.2 Å². The van der Waals surface area contributed by atoms with Gasteiger partial charge in [0.25, 0.3) is 0 Å². The molecule has 2 rings (SSSR count). The second-order valence-electron chi connectivity index (χ2n) is 6.98. The van der Waals surface area contributed by atoms with Crippen molar-refractivity contribution < 1.29 is 14.0 Å². The van der Waals surface area contributed by atoms with Gasteiger partial charge in [-0.25, -0.2) is 4.39 Å². The molecule has 0 bridgehead atoms. The van der Waals surface area contributed by atoms with Crippen molar-refractivity contribution >= 4 is 11.8 Å². The number of benzene rings is 1. The number of likely N-dealkylation sites (N-methyl/N-ethyl adjacent to an activating group) is 1. The SMILES string of the molecule is CCN1CCN(C(=O)C(C)(C)C(=O)NCCc2ccc(F)cc2)CC1. The van der Waals surface area contributed by atoms with Gasteiger partial charge in [0.15, 0.2) is 0 Å². The highest BCUT2D eigenvalue weighted by atomic mass is 19.1. The molecule has 25 heavy (non-hydrogen) atoms. The number of piperazine rings is 1. The maximum absolute atomic E-state index is 12.9. The van der Waals surface area contributed by atoms with Crippen LogP contribution < -0.4 is 5.32 Å². The van der Waals surface area contributed by atoms with E-state index < -0.39 is 5.41 Å². The first kappa shape index (κ1) is 19.4. The first-order valence-electron chi connectivity index (χ1n) is 8.89. The van der Waals surface area contributed by atoms with Crippen LogP contribution in [0.25, 0.3) is 0 Å². The maximum Gasteiger partial charge on any atom is 0.237 e. The molecule has 138 valence electrons. The minimum Gasteiger partial charge on any atom is -0.355 e. The summed E-state index contributed by atoms with van der Waals surface area (Å²) < 4.78 is 12.9. The highest BCUT2D eigenvalue weighted by Crippen LogP contribution is 2.20. The summed E-state index contributed by atoms with van der Waals surface area (Å²) in [6.45, 7) is 9.90. The molecule has 5 nitrogen and oxygen atoms in total. The number of carbonyl (C=O) groups is 2. The van der Waals surface area contributed by atoms with E-state index in [1.807, 2.05) is 0 Å². The Balaban J connectivity index is 1.84. The van der Waals surface area contributed by atoms with Crippen LogP contribution in [0.1, 0.15) is 26.3 Å². The molecule has 0 spiro atoms. The molecule has 0 aliphatic carbocycles. The maximum atomic E-state index is 12.9. The molecular weight excluding hydrogens is 321 g/mol. The van der Waals surface area contributed by atoms with E-state index in [-0.39, 0.29) is 17.6 Å². The van der Waals surface area contributed by atoms with Crippen LogP contribution in [0.4, 0.5) is 4.39 Å². The Morgan fingerprint density at radius 2 is 1.72 bits per heavy atom. The van der Waals surface area contributed by atoms with E-state index >= 15 is 0 Å². The van der Waals surface area contributed by atoms with Crippen LogP contribution in [0.2, 0.25) is 0 Å². The summed E-state index contributed by atoms with van der Waals surface area (Å²) in [6.07, 6.45) is 0.603. The Labute approximate surface area is 149 Å². The number of amides is 2. The number of rotatable bonds is 6. The van der Waals surface area contributed by atoms with Gasteiger partial charge in [0.1, 0.15) is 11.2 Å². The van der Waals surface area contributed by atoms with Crippen LogP contribution >= 0.6 is 0 Å². The van der Waals surface area contributed by atoms with Crippen molar-refractivity contribution in [1.82, 2.24) is 15.1 Å². The monoisotopic (exact) mass is 349 g/mol. The lowest BCUT2D eigenvalue weighted by molar-refractivity contribution is -0.149. The van der Waals surface area contributed by atoms with Gasteiger partial charge in [0.2, 0.25) is 11.8 Å². The average molecular weight is 349 g/mol. The summed E-state index contributed by atoms with van der Waals surface area (Å²) >= 11 is 0. The van der Waals surface area contributed by atoms with E-state index in [4.69, 9.17) is 0 Å². The number of carbonyl (C=O) groups excluding carboxylic acids is 2. The van der Waals surface area contributed by atoms with Gasteiger partial charge in [-0.05, 0) is 44.5 Å². The van der Waals surface area contributed by atoms with Crippen molar-refractivity contribution in [2.75, 3.05) is 39.3 Å². The van der Waals surface area contributed by atoms with E-state index in [0.29, 0.717) is 26.1 Å². The number of nitrogens with zero attached hydrogens (tertiary/aromatic N) is 2. The predicted octanol–water partition coefficient (Wildman–Crippen LogP) is 1.67. The minimum atomic E-state index is -1.09. The fourth-order valence-corrected chi connectivity index (χ4v) is 2.95.